The molecule has 0 aliphatic heterocycles. The fraction of sp³-hybridized carbons (Fsp3) is 0.250. The first kappa shape index (κ1) is 22.5. The average Bonchev–Trinajstić information content (AvgIpc) is 3.60. The van der Waals surface area contributed by atoms with Crippen molar-refractivity contribution in [2.45, 2.75) is 18.9 Å². The molecule has 1 aliphatic rings. The van der Waals surface area contributed by atoms with Crippen LogP contribution in [0.1, 0.15) is 18.4 Å². The summed E-state index contributed by atoms with van der Waals surface area (Å²) in [4.78, 5) is 26.6. The zero-order chi connectivity index (χ0) is 23.8. The monoisotopic (exact) mass is 475 g/mol. The maximum absolute atomic E-state index is 14.6. The Morgan fingerprint density at radius 3 is 2.73 bits per heavy atom. The van der Waals surface area contributed by atoms with E-state index in [2.05, 4.69) is 9.71 Å². The van der Waals surface area contributed by atoms with Gasteiger partial charge in [-0.25, -0.2) is 9.37 Å². The number of aromatic nitrogens is 2. The smallest absolute Gasteiger partial charge is 0.323 e. The highest BCUT2D eigenvalue weighted by Crippen LogP contribution is 2.34. The van der Waals surface area contributed by atoms with Crippen LogP contribution in [0.5, 0.6) is 11.5 Å². The van der Waals surface area contributed by atoms with Crippen LogP contribution in [0.2, 0.25) is 0 Å². The topological polar surface area (TPSA) is 136 Å². The molecule has 0 unspecified atom stereocenters. The largest absolute Gasteiger partial charge is 0.453 e. The third-order valence-corrected chi connectivity index (χ3v) is 5.98. The molecule has 1 heterocycles. The van der Waals surface area contributed by atoms with Gasteiger partial charge < -0.3 is 9.57 Å². The van der Waals surface area contributed by atoms with E-state index < -0.39 is 27.3 Å². The van der Waals surface area contributed by atoms with Crippen LogP contribution in [0.25, 0.3) is 10.9 Å². The standard InChI is InChI=1S/C20H18FN5O6S/c1-25(32-12-3-4-12)33(28,29)24-18-8-6-16(21)19(15(18)10-22)31-13-5-7-17-14(9-13)20(27)26(30-2)11-23-17/h5-9,11-12,24H,3-4H2,1-2H3. The highest BCUT2D eigenvalue weighted by Gasteiger charge is 2.30. The lowest BCUT2D eigenvalue weighted by atomic mass is 10.1. The average molecular weight is 475 g/mol. The Morgan fingerprint density at radius 2 is 2.06 bits per heavy atom. The summed E-state index contributed by atoms with van der Waals surface area (Å²) in [6.45, 7) is 0. The number of halogens is 1. The maximum atomic E-state index is 14.6. The van der Waals surface area contributed by atoms with Crippen LogP contribution in [-0.4, -0.2) is 42.9 Å². The number of rotatable bonds is 8. The number of ether oxygens (including phenoxy) is 1. The molecule has 0 bridgehead atoms. The zero-order valence-corrected chi connectivity index (χ0v) is 18.3. The Hall–Kier alpha value is -3.73. The Bertz CT molecular complexity index is 1430. The minimum absolute atomic E-state index is 0.0276. The molecule has 1 aromatic heterocycles. The number of fused-ring (bicyclic) bond motifs is 1. The summed E-state index contributed by atoms with van der Waals surface area (Å²) in [6, 6.07) is 8.04. The molecule has 1 fully saturated rings. The molecule has 3 aromatic rings. The molecule has 33 heavy (non-hydrogen) atoms. The van der Waals surface area contributed by atoms with Crippen molar-refractivity contribution < 1.29 is 27.2 Å². The first-order valence-corrected chi connectivity index (χ1v) is 11.1. The molecular formula is C20H18FN5O6S. The van der Waals surface area contributed by atoms with Crippen LogP contribution in [0.4, 0.5) is 10.1 Å². The van der Waals surface area contributed by atoms with Gasteiger partial charge in [0.2, 0.25) is 0 Å². The number of benzene rings is 2. The Kier molecular flexibility index (Phi) is 5.90. The predicted octanol–water partition coefficient (Wildman–Crippen LogP) is 1.94. The normalized spacial score (nSPS) is 13.7. The predicted molar refractivity (Wildman–Crippen MR) is 114 cm³/mol. The van der Waals surface area contributed by atoms with Crippen LogP contribution in [0.3, 0.4) is 0 Å². The Labute approximate surface area is 187 Å². The van der Waals surface area contributed by atoms with Gasteiger partial charge in [0.25, 0.3) is 5.56 Å². The third-order valence-electron chi connectivity index (χ3n) is 4.74. The lowest BCUT2D eigenvalue weighted by molar-refractivity contribution is -0.0764. The van der Waals surface area contributed by atoms with E-state index >= 15 is 0 Å². The van der Waals surface area contributed by atoms with Crippen molar-refractivity contribution in [1.82, 2.24) is 14.2 Å². The van der Waals surface area contributed by atoms with Crippen LogP contribution in [0, 0.1) is 17.1 Å². The molecule has 0 saturated heterocycles. The lowest BCUT2D eigenvalue weighted by Crippen LogP contribution is -2.33. The summed E-state index contributed by atoms with van der Waals surface area (Å²) in [5.74, 6) is -1.39. The maximum Gasteiger partial charge on any atom is 0.323 e. The summed E-state index contributed by atoms with van der Waals surface area (Å²) in [5, 5.41) is 9.75. The molecule has 0 spiro atoms. The van der Waals surface area contributed by atoms with Gasteiger partial charge in [0, 0.05) is 7.05 Å². The van der Waals surface area contributed by atoms with Gasteiger partial charge in [-0.05, 0) is 43.2 Å². The van der Waals surface area contributed by atoms with Gasteiger partial charge in [0.05, 0.1) is 22.7 Å². The number of anilines is 1. The van der Waals surface area contributed by atoms with Crippen molar-refractivity contribution in [3.63, 3.8) is 0 Å². The highest BCUT2D eigenvalue weighted by molar-refractivity contribution is 7.90. The summed E-state index contributed by atoms with van der Waals surface area (Å²) in [6.07, 6.45) is 2.51. The fourth-order valence-corrected chi connectivity index (χ4v) is 3.70. The summed E-state index contributed by atoms with van der Waals surface area (Å²) in [7, 11) is -1.67. The molecule has 2 aromatic carbocycles. The SMILES string of the molecule is COn1cnc2ccc(Oc3c(F)ccc(NS(=O)(=O)N(C)OC4CC4)c3C#N)cc2c1=O. The molecular weight excluding hydrogens is 457 g/mol. The molecule has 4 rings (SSSR count). The van der Waals surface area contributed by atoms with Crippen molar-refractivity contribution in [3.05, 3.63) is 58.4 Å². The fourth-order valence-electron chi connectivity index (χ4n) is 2.89. The van der Waals surface area contributed by atoms with E-state index in [0.29, 0.717) is 9.99 Å². The second-order valence-corrected chi connectivity index (χ2v) is 8.74. The third kappa shape index (κ3) is 4.58. The second-order valence-electron chi connectivity index (χ2n) is 7.07. The second kappa shape index (κ2) is 8.66. The van der Waals surface area contributed by atoms with E-state index in [1.54, 1.807) is 6.07 Å². The van der Waals surface area contributed by atoms with Crippen molar-refractivity contribution >= 4 is 26.8 Å². The number of hydrogen-bond acceptors (Lipinski definition) is 8. The van der Waals surface area contributed by atoms with E-state index in [1.165, 1.54) is 38.7 Å². The van der Waals surface area contributed by atoms with Gasteiger partial charge in [-0.1, -0.05) is 4.47 Å². The van der Waals surface area contributed by atoms with Crippen LogP contribution < -0.4 is 19.9 Å². The van der Waals surface area contributed by atoms with E-state index in [-0.39, 0.29) is 28.5 Å². The van der Waals surface area contributed by atoms with E-state index in [9.17, 15) is 22.9 Å². The number of hydroxylamine groups is 1. The van der Waals surface area contributed by atoms with Gasteiger partial charge in [0.1, 0.15) is 30.8 Å². The number of hydrogen-bond donors (Lipinski definition) is 1. The van der Waals surface area contributed by atoms with E-state index in [1.807, 2.05) is 0 Å². The van der Waals surface area contributed by atoms with Crippen molar-refractivity contribution in [2.24, 2.45) is 0 Å². The van der Waals surface area contributed by atoms with Gasteiger partial charge in [-0.2, -0.15) is 13.7 Å². The van der Waals surface area contributed by atoms with E-state index in [0.717, 1.165) is 29.7 Å². The van der Waals surface area contributed by atoms with Crippen LogP contribution in [0.15, 0.2) is 41.5 Å². The van der Waals surface area contributed by atoms with Crippen molar-refractivity contribution in [2.75, 3.05) is 18.9 Å². The van der Waals surface area contributed by atoms with E-state index in [4.69, 9.17) is 14.4 Å². The summed E-state index contributed by atoms with van der Waals surface area (Å²) >= 11 is 0. The number of nitrogens with zero attached hydrogens (tertiary/aromatic N) is 4. The van der Waals surface area contributed by atoms with Crippen LogP contribution >= 0.6 is 0 Å². The van der Waals surface area contributed by atoms with Gasteiger partial charge in [-0.15, -0.1) is 4.73 Å². The minimum atomic E-state index is -4.18. The molecule has 0 atom stereocenters. The molecule has 1 N–H and O–H groups in total. The van der Waals surface area contributed by atoms with Crippen molar-refractivity contribution in [3.8, 4) is 17.6 Å². The Morgan fingerprint density at radius 1 is 1.30 bits per heavy atom. The van der Waals surface area contributed by atoms with Gasteiger partial charge in [-0.3, -0.25) is 14.4 Å². The Balaban J connectivity index is 1.69. The number of nitrogens with one attached hydrogen (secondary N) is 1. The molecule has 11 nitrogen and oxygen atoms in total. The molecule has 1 saturated carbocycles. The molecule has 13 heteroatoms. The molecule has 172 valence electrons. The summed E-state index contributed by atoms with van der Waals surface area (Å²) < 4.78 is 49.0. The van der Waals surface area contributed by atoms with Gasteiger partial charge in [0.15, 0.2) is 11.6 Å². The van der Waals surface area contributed by atoms with Gasteiger partial charge >= 0.3 is 10.2 Å². The minimum Gasteiger partial charge on any atom is -0.453 e. The molecule has 0 radical (unpaired) electrons. The molecule has 1 aliphatic carbocycles. The van der Waals surface area contributed by atoms with Crippen molar-refractivity contribution in [1.29, 1.82) is 5.26 Å². The quantitative estimate of drug-likeness (QED) is 0.488. The molecule has 0 amide bonds. The number of nitriles is 1. The first-order valence-electron chi connectivity index (χ1n) is 9.63. The highest BCUT2D eigenvalue weighted by atomic mass is 32.2. The summed E-state index contributed by atoms with van der Waals surface area (Å²) in [5.41, 5.74) is -0.765. The zero-order valence-electron chi connectivity index (χ0n) is 17.5. The lowest BCUT2D eigenvalue weighted by Gasteiger charge is -2.19. The first-order chi connectivity index (χ1) is 15.7. The van der Waals surface area contributed by atoms with Crippen LogP contribution in [-0.2, 0) is 15.0 Å².